The van der Waals surface area contributed by atoms with Crippen molar-refractivity contribution in [2.24, 2.45) is 0 Å². The summed E-state index contributed by atoms with van der Waals surface area (Å²) in [6, 6.07) is 9.00. The predicted octanol–water partition coefficient (Wildman–Crippen LogP) is 0.605. The molecule has 3 heterocycles. The molecule has 8 heteroatoms. The van der Waals surface area contributed by atoms with Crippen LogP contribution in [0.1, 0.15) is 15.2 Å². The van der Waals surface area contributed by atoms with Gasteiger partial charge in [-0.3, -0.25) is 9.59 Å². The lowest BCUT2D eigenvalue weighted by atomic mass is 10.1. The zero-order valence-electron chi connectivity index (χ0n) is 15.6. The lowest BCUT2D eigenvalue weighted by Crippen LogP contribution is -3.12. The minimum absolute atomic E-state index is 0.171. The quantitative estimate of drug-likeness (QED) is 0.738. The Morgan fingerprint density at radius 3 is 2.71 bits per heavy atom. The Bertz CT molecular complexity index is 902. The highest BCUT2D eigenvalue weighted by Gasteiger charge is 2.26. The monoisotopic (exact) mass is 400 g/mol. The standard InChI is InChI=1S/C20H21N3O4S/c1-22-6-8-23(9-7-22)20(25)15(21-19(24)18-3-2-10-28-18)11-14-4-5-16-17(12-14)27-13-26-16/h2-5,10-12H,6-9,13H2,1H3,(H,21,24)/p+1/b15-11-. The highest BCUT2D eigenvalue weighted by atomic mass is 32.1. The molecule has 146 valence electrons. The molecule has 0 bridgehead atoms. The third-order valence-corrected chi connectivity index (χ3v) is 5.70. The van der Waals surface area contributed by atoms with Crippen LogP contribution in [0.15, 0.2) is 41.4 Å². The first kappa shape index (κ1) is 18.5. The Balaban J connectivity index is 1.60. The van der Waals surface area contributed by atoms with Crippen molar-refractivity contribution < 1.29 is 24.0 Å². The van der Waals surface area contributed by atoms with E-state index in [0.717, 1.165) is 18.7 Å². The van der Waals surface area contributed by atoms with Crippen LogP contribution in [-0.4, -0.2) is 56.7 Å². The van der Waals surface area contributed by atoms with Gasteiger partial charge in [0, 0.05) is 0 Å². The van der Waals surface area contributed by atoms with Crippen molar-refractivity contribution in [1.82, 2.24) is 10.2 Å². The number of nitrogens with zero attached hydrogens (tertiary/aromatic N) is 1. The van der Waals surface area contributed by atoms with Gasteiger partial charge in [-0.1, -0.05) is 12.1 Å². The van der Waals surface area contributed by atoms with Crippen LogP contribution in [0.5, 0.6) is 11.5 Å². The topological polar surface area (TPSA) is 72.3 Å². The number of hydrogen-bond donors (Lipinski definition) is 2. The van der Waals surface area contributed by atoms with Gasteiger partial charge in [-0.05, 0) is 35.2 Å². The lowest BCUT2D eigenvalue weighted by molar-refractivity contribution is -0.883. The Labute approximate surface area is 167 Å². The number of thiophene rings is 1. The summed E-state index contributed by atoms with van der Waals surface area (Å²) in [5.74, 6) is 0.855. The molecule has 2 aliphatic heterocycles. The van der Waals surface area contributed by atoms with Gasteiger partial charge in [-0.25, -0.2) is 0 Å². The fourth-order valence-electron chi connectivity index (χ4n) is 3.17. The first-order valence-electron chi connectivity index (χ1n) is 9.17. The average Bonchev–Trinajstić information content (AvgIpc) is 3.39. The van der Waals surface area contributed by atoms with E-state index >= 15 is 0 Å². The molecular formula is C20H22N3O4S+. The molecular weight excluding hydrogens is 378 g/mol. The molecule has 1 aromatic heterocycles. The fraction of sp³-hybridized carbons (Fsp3) is 0.300. The number of quaternary nitrogens is 1. The molecule has 0 spiro atoms. The summed E-state index contributed by atoms with van der Waals surface area (Å²) in [5.41, 5.74) is 1.02. The Kier molecular flexibility index (Phi) is 5.31. The van der Waals surface area contributed by atoms with E-state index in [4.69, 9.17) is 9.47 Å². The first-order chi connectivity index (χ1) is 13.6. The summed E-state index contributed by atoms with van der Waals surface area (Å²) in [6.45, 7) is 3.30. The molecule has 1 fully saturated rings. The van der Waals surface area contributed by atoms with Crippen LogP contribution < -0.4 is 19.7 Å². The number of nitrogens with one attached hydrogen (secondary N) is 2. The van der Waals surface area contributed by atoms with Crippen molar-refractivity contribution >= 4 is 29.2 Å². The van der Waals surface area contributed by atoms with Crippen LogP contribution in [0.4, 0.5) is 0 Å². The number of hydrogen-bond acceptors (Lipinski definition) is 5. The van der Waals surface area contributed by atoms with Crippen molar-refractivity contribution in [1.29, 1.82) is 0 Å². The van der Waals surface area contributed by atoms with E-state index in [9.17, 15) is 9.59 Å². The normalized spacial score (nSPS) is 16.9. The minimum atomic E-state index is -0.282. The van der Waals surface area contributed by atoms with Gasteiger partial charge >= 0.3 is 0 Å². The second kappa shape index (κ2) is 8.04. The number of ether oxygens (including phenoxy) is 2. The summed E-state index contributed by atoms with van der Waals surface area (Å²) in [5, 5.41) is 4.64. The third kappa shape index (κ3) is 4.02. The number of likely N-dealkylation sites (N-methyl/N-ethyl adjacent to an activating group) is 1. The van der Waals surface area contributed by atoms with Crippen LogP contribution >= 0.6 is 11.3 Å². The third-order valence-electron chi connectivity index (χ3n) is 4.84. The van der Waals surface area contributed by atoms with Crippen molar-refractivity contribution in [3.05, 3.63) is 51.8 Å². The van der Waals surface area contributed by atoms with Crippen LogP contribution in [0.25, 0.3) is 6.08 Å². The van der Waals surface area contributed by atoms with Crippen LogP contribution in [0.2, 0.25) is 0 Å². The van der Waals surface area contributed by atoms with Crippen molar-refractivity contribution in [3.63, 3.8) is 0 Å². The molecule has 7 nitrogen and oxygen atoms in total. The molecule has 0 saturated carbocycles. The second-order valence-electron chi connectivity index (χ2n) is 6.85. The predicted molar refractivity (Wildman–Crippen MR) is 106 cm³/mol. The average molecular weight is 400 g/mol. The van der Waals surface area contributed by atoms with Gasteiger partial charge in [0.15, 0.2) is 11.5 Å². The van der Waals surface area contributed by atoms with Gasteiger partial charge in [-0.2, -0.15) is 0 Å². The van der Waals surface area contributed by atoms with Crippen molar-refractivity contribution in [2.45, 2.75) is 0 Å². The van der Waals surface area contributed by atoms with Gasteiger partial charge in [0.2, 0.25) is 6.79 Å². The summed E-state index contributed by atoms with van der Waals surface area (Å²) < 4.78 is 10.7. The SMILES string of the molecule is C[NH+]1CCN(C(=O)/C(=C/c2ccc3c(c2)OCO3)NC(=O)c2cccs2)CC1. The second-order valence-corrected chi connectivity index (χ2v) is 7.80. The lowest BCUT2D eigenvalue weighted by Gasteiger charge is -2.30. The van der Waals surface area contributed by atoms with Gasteiger partial charge in [0.1, 0.15) is 5.70 Å². The zero-order valence-corrected chi connectivity index (χ0v) is 16.4. The number of fused-ring (bicyclic) bond motifs is 1. The van der Waals surface area contributed by atoms with E-state index in [1.807, 2.05) is 17.5 Å². The fourth-order valence-corrected chi connectivity index (χ4v) is 3.79. The highest BCUT2D eigenvalue weighted by Crippen LogP contribution is 2.33. The molecule has 0 unspecified atom stereocenters. The van der Waals surface area contributed by atoms with E-state index in [1.165, 1.54) is 16.2 Å². The van der Waals surface area contributed by atoms with Gasteiger partial charge < -0.3 is 24.6 Å². The van der Waals surface area contributed by atoms with E-state index in [2.05, 4.69) is 12.4 Å². The summed E-state index contributed by atoms with van der Waals surface area (Å²) in [7, 11) is 2.11. The van der Waals surface area contributed by atoms with E-state index < -0.39 is 0 Å². The Hall–Kier alpha value is -2.84. The summed E-state index contributed by atoms with van der Waals surface area (Å²) in [4.78, 5) is 29.5. The molecule has 0 atom stereocenters. The van der Waals surface area contributed by atoms with E-state index in [1.54, 1.807) is 29.2 Å². The van der Waals surface area contributed by atoms with Crippen molar-refractivity contribution in [3.8, 4) is 11.5 Å². The van der Waals surface area contributed by atoms with Gasteiger partial charge in [0.05, 0.1) is 38.1 Å². The molecule has 2 amide bonds. The molecule has 0 aliphatic carbocycles. The Morgan fingerprint density at radius 2 is 1.96 bits per heavy atom. The molecule has 2 aliphatic rings. The summed E-state index contributed by atoms with van der Waals surface area (Å²) in [6.07, 6.45) is 1.70. The van der Waals surface area contributed by atoms with Crippen LogP contribution in [-0.2, 0) is 4.79 Å². The minimum Gasteiger partial charge on any atom is -0.454 e. The number of amides is 2. The molecule has 28 heavy (non-hydrogen) atoms. The molecule has 4 rings (SSSR count). The zero-order chi connectivity index (χ0) is 19.5. The van der Waals surface area contributed by atoms with Crippen molar-refractivity contribution in [2.75, 3.05) is 40.0 Å². The summed E-state index contributed by atoms with van der Waals surface area (Å²) >= 11 is 1.34. The van der Waals surface area contributed by atoms with Crippen LogP contribution in [0.3, 0.4) is 0 Å². The maximum atomic E-state index is 13.1. The molecule has 1 aromatic carbocycles. The maximum Gasteiger partial charge on any atom is 0.270 e. The number of carbonyl (C=O) groups is 2. The molecule has 0 radical (unpaired) electrons. The Morgan fingerprint density at radius 1 is 1.18 bits per heavy atom. The van der Waals surface area contributed by atoms with Crippen LogP contribution in [0, 0.1) is 0 Å². The largest absolute Gasteiger partial charge is 0.454 e. The maximum absolute atomic E-state index is 13.1. The molecule has 1 saturated heterocycles. The van der Waals surface area contributed by atoms with Gasteiger partial charge in [0.25, 0.3) is 11.8 Å². The number of piperazine rings is 1. The number of carbonyl (C=O) groups excluding carboxylic acids is 2. The number of benzene rings is 1. The smallest absolute Gasteiger partial charge is 0.270 e. The van der Waals surface area contributed by atoms with E-state index in [0.29, 0.717) is 29.5 Å². The molecule has 2 aromatic rings. The van der Waals surface area contributed by atoms with E-state index in [-0.39, 0.29) is 24.3 Å². The van der Waals surface area contributed by atoms with Gasteiger partial charge in [-0.15, -0.1) is 11.3 Å². The number of rotatable bonds is 4. The molecule has 2 N–H and O–H groups in total. The highest BCUT2D eigenvalue weighted by molar-refractivity contribution is 7.12. The first-order valence-corrected chi connectivity index (χ1v) is 10.0.